The number of halogens is 2. The van der Waals surface area contributed by atoms with Crippen LogP contribution in [0.1, 0.15) is 25.2 Å². The third kappa shape index (κ3) is 3.41. The van der Waals surface area contributed by atoms with Crippen LogP contribution in [0.5, 0.6) is 0 Å². The zero-order chi connectivity index (χ0) is 22.3. The van der Waals surface area contributed by atoms with E-state index in [0.717, 1.165) is 33.9 Å². The van der Waals surface area contributed by atoms with Gasteiger partial charge >= 0.3 is 0 Å². The van der Waals surface area contributed by atoms with Crippen molar-refractivity contribution in [1.82, 2.24) is 24.9 Å². The first kappa shape index (κ1) is 19.9. The molecule has 158 valence electrons. The minimum atomic E-state index is -0.889. The zero-order valence-corrected chi connectivity index (χ0v) is 17.5. The summed E-state index contributed by atoms with van der Waals surface area (Å²) in [5, 5.41) is 2.06. The summed E-state index contributed by atoms with van der Waals surface area (Å²) in [6, 6.07) is 15.6. The van der Waals surface area contributed by atoms with Gasteiger partial charge in [0.05, 0.1) is 34.0 Å². The molecule has 32 heavy (non-hydrogen) atoms. The highest BCUT2D eigenvalue weighted by Crippen LogP contribution is 2.33. The summed E-state index contributed by atoms with van der Waals surface area (Å²) in [6.07, 6.45) is 5.50. The van der Waals surface area contributed by atoms with Gasteiger partial charge in [-0.2, -0.15) is 13.8 Å². The predicted molar refractivity (Wildman–Crippen MR) is 119 cm³/mol. The summed E-state index contributed by atoms with van der Waals surface area (Å²) >= 11 is 0. The van der Waals surface area contributed by atoms with E-state index < -0.39 is 17.3 Å². The van der Waals surface area contributed by atoms with E-state index in [0.29, 0.717) is 11.4 Å². The van der Waals surface area contributed by atoms with Gasteiger partial charge in [0.15, 0.2) is 0 Å². The van der Waals surface area contributed by atoms with E-state index in [4.69, 9.17) is 4.98 Å². The van der Waals surface area contributed by atoms with Gasteiger partial charge in [-0.05, 0) is 56.3 Å². The molecule has 5 rings (SSSR count). The lowest BCUT2D eigenvalue weighted by atomic mass is 9.84. The Labute approximate surface area is 183 Å². The molecule has 0 saturated carbocycles. The molecule has 0 aromatic carbocycles. The molecule has 0 aliphatic carbocycles. The van der Waals surface area contributed by atoms with Crippen LogP contribution in [0.15, 0.2) is 73.2 Å². The molecule has 5 aromatic rings. The third-order valence-corrected chi connectivity index (χ3v) is 5.62. The van der Waals surface area contributed by atoms with E-state index in [2.05, 4.69) is 19.9 Å². The number of nitrogens with one attached hydrogen (secondary N) is 1. The lowest BCUT2D eigenvalue weighted by Crippen LogP contribution is -2.22. The third-order valence-electron chi connectivity index (χ3n) is 5.62. The Balaban J connectivity index is 1.56. The Bertz CT molecular complexity index is 1440. The van der Waals surface area contributed by atoms with Crippen LogP contribution >= 0.6 is 0 Å². The van der Waals surface area contributed by atoms with Gasteiger partial charge in [0.1, 0.15) is 0 Å². The van der Waals surface area contributed by atoms with Gasteiger partial charge in [-0.15, -0.1) is 0 Å². The minimum absolute atomic E-state index is 0.149. The highest BCUT2D eigenvalue weighted by Gasteiger charge is 2.27. The number of pyridine rings is 4. The maximum Gasteiger partial charge on any atom is 0.224 e. The van der Waals surface area contributed by atoms with Crippen LogP contribution in [0.4, 0.5) is 8.78 Å². The molecule has 1 N–H and O–H groups in total. The lowest BCUT2D eigenvalue weighted by Gasteiger charge is -2.24. The summed E-state index contributed by atoms with van der Waals surface area (Å²) in [7, 11) is 0. The molecule has 0 amide bonds. The topological polar surface area (TPSA) is 67.3 Å². The van der Waals surface area contributed by atoms with Crippen LogP contribution in [0.2, 0.25) is 0 Å². The van der Waals surface area contributed by atoms with Crippen molar-refractivity contribution in [2.75, 3.05) is 0 Å². The van der Waals surface area contributed by atoms with Gasteiger partial charge in [0.25, 0.3) is 0 Å². The number of hydrogen-bond acceptors (Lipinski definition) is 4. The highest BCUT2D eigenvalue weighted by atomic mass is 19.1. The van der Waals surface area contributed by atoms with E-state index in [-0.39, 0.29) is 5.56 Å². The van der Waals surface area contributed by atoms with E-state index in [1.165, 1.54) is 6.07 Å². The molecule has 0 radical (unpaired) electrons. The number of H-pyrrole nitrogens is 1. The highest BCUT2D eigenvalue weighted by molar-refractivity contribution is 5.94. The summed E-state index contributed by atoms with van der Waals surface area (Å²) in [5.41, 5.74) is 3.17. The molecular weight excluding hydrogens is 408 g/mol. The van der Waals surface area contributed by atoms with Crippen molar-refractivity contribution in [3.63, 3.8) is 0 Å². The Morgan fingerprint density at radius 3 is 2.28 bits per heavy atom. The predicted octanol–water partition coefficient (Wildman–Crippen LogP) is 5.69. The van der Waals surface area contributed by atoms with Gasteiger partial charge in [-0.1, -0.05) is 12.1 Å². The molecule has 0 spiro atoms. The van der Waals surface area contributed by atoms with E-state index in [1.807, 2.05) is 56.6 Å². The second-order valence-electron chi connectivity index (χ2n) is 8.04. The summed E-state index contributed by atoms with van der Waals surface area (Å²) in [5.74, 6) is -1.75. The summed E-state index contributed by atoms with van der Waals surface area (Å²) in [6.45, 7) is 4.03. The standard InChI is InChI=1S/C25H19F2N5/c1-25(2,20-7-3-5-18(30-20)16-9-10-22(26)32-24(16)27)21-8-4-6-19(31-21)23-17-14-28-12-11-15(17)13-29-23/h3-14,29H,1-2H3. The largest absolute Gasteiger partial charge is 0.359 e. The van der Waals surface area contributed by atoms with Crippen molar-refractivity contribution in [3.8, 4) is 22.6 Å². The average molecular weight is 427 g/mol. The minimum Gasteiger partial charge on any atom is -0.359 e. The van der Waals surface area contributed by atoms with Gasteiger partial charge in [-0.3, -0.25) is 15.0 Å². The number of aromatic amines is 1. The molecule has 0 aliphatic rings. The molecule has 0 atom stereocenters. The van der Waals surface area contributed by atoms with Crippen LogP contribution in [-0.4, -0.2) is 24.9 Å². The maximum atomic E-state index is 14.2. The number of fused-ring (bicyclic) bond motifs is 1. The monoisotopic (exact) mass is 427 g/mol. The zero-order valence-electron chi connectivity index (χ0n) is 17.5. The van der Waals surface area contributed by atoms with Crippen molar-refractivity contribution < 1.29 is 8.78 Å². The quantitative estimate of drug-likeness (QED) is 0.375. The Morgan fingerprint density at radius 2 is 1.53 bits per heavy atom. The Morgan fingerprint density at radius 1 is 0.812 bits per heavy atom. The SMILES string of the molecule is CC(C)(c1cccc(-c2ccc(F)nc2F)n1)c1cccc(-c2[nH]cc3ccncc23)n1. The normalized spacial score (nSPS) is 11.8. The molecule has 5 nitrogen and oxygen atoms in total. The first-order valence-electron chi connectivity index (χ1n) is 10.1. The molecule has 0 aliphatic heterocycles. The van der Waals surface area contributed by atoms with Crippen molar-refractivity contribution in [1.29, 1.82) is 0 Å². The molecule has 5 aromatic heterocycles. The van der Waals surface area contributed by atoms with E-state index in [9.17, 15) is 8.78 Å². The van der Waals surface area contributed by atoms with Crippen molar-refractivity contribution in [2.45, 2.75) is 19.3 Å². The summed E-state index contributed by atoms with van der Waals surface area (Å²) in [4.78, 5) is 20.4. The van der Waals surface area contributed by atoms with Crippen molar-refractivity contribution in [3.05, 3.63) is 96.5 Å². The van der Waals surface area contributed by atoms with Crippen LogP contribution < -0.4 is 0 Å². The Hall–Kier alpha value is -4.00. The second kappa shape index (κ2) is 7.60. The fourth-order valence-electron chi connectivity index (χ4n) is 3.77. The molecule has 5 heterocycles. The van der Waals surface area contributed by atoms with Crippen LogP contribution in [0.25, 0.3) is 33.4 Å². The fraction of sp³-hybridized carbons (Fsp3) is 0.120. The maximum absolute atomic E-state index is 14.2. The number of rotatable bonds is 4. The lowest BCUT2D eigenvalue weighted by molar-refractivity contribution is 0.514. The molecule has 0 unspecified atom stereocenters. The molecule has 7 heteroatoms. The van der Waals surface area contributed by atoms with Gasteiger partial charge in [0.2, 0.25) is 11.9 Å². The number of nitrogens with zero attached hydrogens (tertiary/aromatic N) is 4. The number of hydrogen-bond donors (Lipinski definition) is 1. The first-order valence-corrected chi connectivity index (χ1v) is 10.1. The first-order chi connectivity index (χ1) is 15.4. The second-order valence-corrected chi connectivity index (χ2v) is 8.04. The number of aromatic nitrogens is 5. The van der Waals surface area contributed by atoms with Gasteiger partial charge < -0.3 is 4.98 Å². The van der Waals surface area contributed by atoms with Crippen LogP contribution in [-0.2, 0) is 5.41 Å². The van der Waals surface area contributed by atoms with Crippen molar-refractivity contribution >= 4 is 10.8 Å². The van der Waals surface area contributed by atoms with Crippen LogP contribution in [0, 0.1) is 11.9 Å². The van der Waals surface area contributed by atoms with Gasteiger partial charge in [0, 0.05) is 34.8 Å². The molecular formula is C25H19F2N5. The molecule has 0 saturated heterocycles. The Kier molecular flexibility index (Phi) is 4.74. The van der Waals surface area contributed by atoms with E-state index >= 15 is 0 Å². The summed E-state index contributed by atoms with van der Waals surface area (Å²) < 4.78 is 27.4. The van der Waals surface area contributed by atoms with Gasteiger partial charge in [-0.25, -0.2) is 0 Å². The average Bonchev–Trinajstić information content (AvgIpc) is 3.23. The molecule has 0 bridgehead atoms. The van der Waals surface area contributed by atoms with Crippen LogP contribution in [0.3, 0.4) is 0 Å². The van der Waals surface area contributed by atoms with E-state index in [1.54, 1.807) is 18.3 Å². The smallest absolute Gasteiger partial charge is 0.224 e. The fourth-order valence-corrected chi connectivity index (χ4v) is 3.77. The molecule has 0 fully saturated rings. The van der Waals surface area contributed by atoms with Crippen molar-refractivity contribution in [2.24, 2.45) is 0 Å².